The molecular weight excluding hydrogens is 238 g/mol. The molecule has 18 heavy (non-hydrogen) atoms. The second-order valence-corrected chi connectivity index (χ2v) is 4.29. The predicted octanol–water partition coefficient (Wildman–Crippen LogP) is 2.04. The normalized spacial score (nSPS) is 11.2. The molecule has 2 aromatic rings. The van der Waals surface area contributed by atoms with Crippen LogP contribution in [0.5, 0.6) is 0 Å². The Kier molecular flexibility index (Phi) is 3.66. The van der Waals surface area contributed by atoms with E-state index in [1.54, 1.807) is 6.20 Å². The first-order valence-electron chi connectivity index (χ1n) is 5.66. The van der Waals surface area contributed by atoms with Crippen molar-refractivity contribution in [3.8, 4) is 5.69 Å². The van der Waals surface area contributed by atoms with Crippen LogP contribution in [0, 0.1) is 11.6 Å². The van der Waals surface area contributed by atoms with Crippen molar-refractivity contribution in [3.05, 3.63) is 41.7 Å². The molecule has 0 bridgehead atoms. The van der Waals surface area contributed by atoms with Gasteiger partial charge in [-0.2, -0.15) is 0 Å². The summed E-state index contributed by atoms with van der Waals surface area (Å²) in [6.45, 7) is 4.59. The molecule has 0 aliphatic carbocycles. The van der Waals surface area contributed by atoms with Crippen LogP contribution in [0.15, 0.2) is 24.4 Å². The smallest absolute Gasteiger partial charge is 0.151 e. The molecule has 4 nitrogen and oxygen atoms in total. The van der Waals surface area contributed by atoms with Gasteiger partial charge in [0, 0.05) is 18.7 Å². The summed E-state index contributed by atoms with van der Waals surface area (Å²) in [7, 11) is 0. The van der Waals surface area contributed by atoms with E-state index in [0.717, 1.165) is 6.07 Å². The molecular formula is C12H14F2N4. The molecule has 0 unspecified atom stereocenters. The summed E-state index contributed by atoms with van der Waals surface area (Å²) in [5, 5.41) is 10.9. The number of hydrogen-bond acceptors (Lipinski definition) is 3. The highest BCUT2D eigenvalue weighted by Crippen LogP contribution is 2.13. The third kappa shape index (κ3) is 2.89. The first-order valence-corrected chi connectivity index (χ1v) is 5.66. The molecule has 0 amide bonds. The summed E-state index contributed by atoms with van der Waals surface area (Å²) in [5.41, 5.74) is 0.882. The highest BCUT2D eigenvalue weighted by molar-refractivity contribution is 5.32. The van der Waals surface area contributed by atoms with Gasteiger partial charge in [0.25, 0.3) is 0 Å². The van der Waals surface area contributed by atoms with Crippen LogP contribution in [0.2, 0.25) is 0 Å². The van der Waals surface area contributed by atoms with E-state index in [1.807, 2.05) is 13.8 Å². The molecule has 0 aliphatic heterocycles. The van der Waals surface area contributed by atoms with E-state index >= 15 is 0 Å². The zero-order chi connectivity index (χ0) is 13.1. The van der Waals surface area contributed by atoms with Gasteiger partial charge >= 0.3 is 0 Å². The molecule has 0 radical (unpaired) electrons. The quantitative estimate of drug-likeness (QED) is 0.905. The average molecular weight is 252 g/mol. The van der Waals surface area contributed by atoms with Crippen molar-refractivity contribution in [2.45, 2.75) is 26.4 Å². The maximum Gasteiger partial charge on any atom is 0.151 e. The lowest BCUT2D eigenvalue weighted by molar-refractivity contribution is 0.571. The molecule has 0 aliphatic rings. The fourth-order valence-electron chi connectivity index (χ4n) is 1.47. The van der Waals surface area contributed by atoms with Crippen LogP contribution >= 0.6 is 0 Å². The Morgan fingerprint density at radius 1 is 1.33 bits per heavy atom. The van der Waals surface area contributed by atoms with Gasteiger partial charge in [0.2, 0.25) is 0 Å². The summed E-state index contributed by atoms with van der Waals surface area (Å²) >= 11 is 0. The van der Waals surface area contributed by atoms with Crippen molar-refractivity contribution >= 4 is 0 Å². The lowest BCUT2D eigenvalue weighted by atomic mass is 10.3. The van der Waals surface area contributed by atoms with Gasteiger partial charge < -0.3 is 5.32 Å². The maximum absolute atomic E-state index is 13.5. The molecule has 0 saturated heterocycles. The second kappa shape index (κ2) is 5.22. The van der Waals surface area contributed by atoms with E-state index in [9.17, 15) is 8.78 Å². The predicted molar refractivity (Wildman–Crippen MR) is 63.3 cm³/mol. The largest absolute Gasteiger partial charge is 0.309 e. The highest BCUT2D eigenvalue weighted by atomic mass is 19.1. The Balaban J connectivity index is 2.18. The minimum atomic E-state index is -0.664. The van der Waals surface area contributed by atoms with Gasteiger partial charge in [-0.25, -0.2) is 13.5 Å². The Bertz CT molecular complexity index is 537. The van der Waals surface area contributed by atoms with Crippen molar-refractivity contribution in [3.63, 3.8) is 0 Å². The first-order chi connectivity index (χ1) is 8.56. The van der Waals surface area contributed by atoms with Gasteiger partial charge in [0.05, 0.1) is 11.9 Å². The monoisotopic (exact) mass is 252 g/mol. The standard InChI is InChI=1S/C12H14F2N4/c1-8(2)15-6-10-7-18(17-16-10)12-4-3-9(13)5-11(12)14/h3-5,7-8,15H,6H2,1-2H3. The third-order valence-corrected chi connectivity index (χ3v) is 2.39. The van der Waals surface area contributed by atoms with Crippen molar-refractivity contribution in [2.75, 3.05) is 0 Å². The highest BCUT2D eigenvalue weighted by Gasteiger charge is 2.08. The van der Waals surface area contributed by atoms with E-state index in [2.05, 4.69) is 15.6 Å². The summed E-state index contributed by atoms with van der Waals surface area (Å²) in [6, 6.07) is 3.67. The second-order valence-electron chi connectivity index (χ2n) is 4.29. The zero-order valence-corrected chi connectivity index (χ0v) is 10.2. The number of halogens is 2. The number of hydrogen-bond donors (Lipinski definition) is 1. The van der Waals surface area contributed by atoms with E-state index in [-0.39, 0.29) is 5.69 Å². The fraction of sp³-hybridized carbons (Fsp3) is 0.333. The van der Waals surface area contributed by atoms with Gasteiger partial charge in [-0.1, -0.05) is 19.1 Å². The van der Waals surface area contributed by atoms with Crippen molar-refractivity contribution in [2.24, 2.45) is 0 Å². The topological polar surface area (TPSA) is 42.7 Å². The molecule has 1 aromatic heterocycles. The van der Waals surface area contributed by atoms with Gasteiger partial charge in [-0.05, 0) is 12.1 Å². The SMILES string of the molecule is CC(C)NCc1cn(-c2ccc(F)cc2F)nn1. The molecule has 1 heterocycles. The Labute approximate surface area is 104 Å². The van der Waals surface area contributed by atoms with Gasteiger partial charge in [-0.3, -0.25) is 0 Å². The zero-order valence-electron chi connectivity index (χ0n) is 10.2. The van der Waals surface area contributed by atoms with Crippen LogP contribution < -0.4 is 5.32 Å². The number of nitrogens with one attached hydrogen (secondary N) is 1. The van der Waals surface area contributed by atoms with Crippen LogP contribution in [0.3, 0.4) is 0 Å². The summed E-state index contributed by atoms with van der Waals surface area (Å²) in [5.74, 6) is -1.28. The molecule has 0 spiro atoms. The Morgan fingerprint density at radius 3 is 2.78 bits per heavy atom. The minimum Gasteiger partial charge on any atom is -0.309 e. The van der Waals surface area contributed by atoms with Gasteiger partial charge in [0.1, 0.15) is 11.5 Å². The molecule has 6 heteroatoms. The molecule has 0 fully saturated rings. The van der Waals surface area contributed by atoms with Crippen LogP contribution in [0.4, 0.5) is 8.78 Å². The van der Waals surface area contributed by atoms with Gasteiger partial charge in [-0.15, -0.1) is 5.10 Å². The molecule has 0 atom stereocenters. The lowest BCUT2D eigenvalue weighted by Gasteiger charge is -2.04. The molecule has 2 rings (SSSR count). The van der Waals surface area contributed by atoms with E-state index in [4.69, 9.17) is 0 Å². The first kappa shape index (κ1) is 12.6. The molecule has 0 saturated carbocycles. The summed E-state index contributed by atoms with van der Waals surface area (Å²) < 4.78 is 27.6. The van der Waals surface area contributed by atoms with Crippen LogP contribution in [-0.2, 0) is 6.54 Å². The third-order valence-electron chi connectivity index (χ3n) is 2.39. The minimum absolute atomic E-state index is 0.180. The van der Waals surface area contributed by atoms with Crippen molar-refractivity contribution in [1.29, 1.82) is 0 Å². The molecule has 1 aromatic carbocycles. The van der Waals surface area contributed by atoms with Crippen LogP contribution in [0.25, 0.3) is 5.69 Å². The van der Waals surface area contributed by atoms with Gasteiger partial charge in [0.15, 0.2) is 5.82 Å². The van der Waals surface area contributed by atoms with Crippen LogP contribution in [-0.4, -0.2) is 21.0 Å². The number of nitrogens with zero attached hydrogens (tertiary/aromatic N) is 3. The number of rotatable bonds is 4. The summed E-state index contributed by atoms with van der Waals surface area (Å²) in [6.07, 6.45) is 1.62. The fourth-order valence-corrected chi connectivity index (χ4v) is 1.47. The number of aromatic nitrogens is 3. The van der Waals surface area contributed by atoms with Crippen molar-refractivity contribution < 1.29 is 8.78 Å². The lowest BCUT2D eigenvalue weighted by Crippen LogP contribution is -2.21. The maximum atomic E-state index is 13.5. The van der Waals surface area contributed by atoms with E-state index in [0.29, 0.717) is 18.3 Å². The summed E-state index contributed by atoms with van der Waals surface area (Å²) in [4.78, 5) is 0. The molecule has 96 valence electrons. The Hall–Kier alpha value is -1.82. The van der Waals surface area contributed by atoms with E-state index in [1.165, 1.54) is 16.8 Å². The number of benzene rings is 1. The van der Waals surface area contributed by atoms with Crippen molar-refractivity contribution in [1.82, 2.24) is 20.3 Å². The molecule has 1 N–H and O–H groups in total. The Morgan fingerprint density at radius 2 is 2.11 bits per heavy atom. The average Bonchev–Trinajstić information content (AvgIpc) is 2.75. The van der Waals surface area contributed by atoms with Crippen LogP contribution in [0.1, 0.15) is 19.5 Å². The van der Waals surface area contributed by atoms with E-state index < -0.39 is 11.6 Å².